The van der Waals surface area contributed by atoms with Crippen molar-refractivity contribution in [3.05, 3.63) is 52.2 Å². The smallest absolute Gasteiger partial charge is 0.289 e. The van der Waals surface area contributed by atoms with Gasteiger partial charge in [-0.25, -0.2) is 0 Å². The molecule has 0 saturated carbocycles. The molecule has 0 radical (unpaired) electrons. The molecule has 1 aliphatic heterocycles. The van der Waals surface area contributed by atoms with Gasteiger partial charge in [0.15, 0.2) is 16.2 Å². The molecule has 1 saturated heterocycles. The molecule has 0 atom stereocenters. The van der Waals surface area contributed by atoms with Crippen molar-refractivity contribution in [1.29, 1.82) is 0 Å². The van der Waals surface area contributed by atoms with Crippen LogP contribution in [0.4, 0.5) is 5.82 Å². The van der Waals surface area contributed by atoms with E-state index >= 15 is 0 Å². The van der Waals surface area contributed by atoms with Crippen LogP contribution in [0.3, 0.4) is 0 Å². The van der Waals surface area contributed by atoms with Gasteiger partial charge in [-0.15, -0.1) is 21.5 Å². The molecule has 3 aromatic heterocycles. The second kappa shape index (κ2) is 6.97. The standard InChI is InChI=1S/C17H15BrN4O2S/c18-15-5-4-13(24-15)17(23)22-9-7-21(8-10-22)16-6-3-12(19-20-16)14-2-1-11-25-14/h1-6,11H,7-10H2. The molecule has 6 nitrogen and oxygen atoms in total. The fourth-order valence-electron chi connectivity index (χ4n) is 2.77. The third-order valence-corrected chi connectivity index (χ3v) is 5.42. The lowest BCUT2D eigenvalue weighted by Crippen LogP contribution is -2.49. The van der Waals surface area contributed by atoms with Crippen molar-refractivity contribution < 1.29 is 9.21 Å². The Hall–Kier alpha value is -2.19. The van der Waals surface area contributed by atoms with Crippen LogP contribution in [0, 0.1) is 0 Å². The number of anilines is 1. The number of piperazine rings is 1. The van der Waals surface area contributed by atoms with Crippen molar-refractivity contribution in [3.8, 4) is 10.6 Å². The van der Waals surface area contributed by atoms with Crippen LogP contribution in [0.5, 0.6) is 0 Å². The summed E-state index contributed by atoms with van der Waals surface area (Å²) in [5.41, 5.74) is 0.885. The molecule has 1 fully saturated rings. The summed E-state index contributed by atoms with van der Waals surface area (Å²) in [6.45, 7) is 2.71. The summed E-state index contributed by atoms with van der Waals surface area (Å²) in [7, 11) is 0. The lowest BCUT2D eigenvalue weighted by atomic mass is 10.2. The Morgan fingerprint density at radius 2 is 1.92 bits per heavy atom. The lowest BCUT2D eigenvalue weighted by molar-refractivity contribution is 0.0713. The number of carbonyl (C=O) groups excluding carboxylic acids is 1. The van der Waals surface area contributed by atoms with Gasteiger partial charge in [0.2, 0.25) is 0 Å². The molecule has 8 heteroatoms. The van der Waals surface area contributed by atoms with Crippen molar-refractivity contribution in [3.63, 3.8) is 0 Å². The van der Waals surface area contributed by atoms with Crippen LogP contribution in [0.1, 0.15) is 10.6 Å². The van der Waals surface area contributed by atoms with Crippen molar-refractivity contribution in [1.82, 2.24) is 15.1 Å². The van der Waals surface area contributed by atoms with E-state index in [0.717, 1.165) is 29.5 Å². The van der Waals surface area contributed by atoms with Crippen LogP contribution < -0.4 is 4.90 Å². The van der Waals surface area contributed by atoms with Crippen molar-refractivity contribution in [2.45, 2.75) is 0 Å². The summed E-state index contributed by atoms with van der Waals surface area (Å²) in [6.07, 6.45) is 0. The van der Waals surface area contributed by atoms with E-state index in [1.807, 2.05) is 29.6 Å². The first-order chi connectivity index (χ1) is 12.2. The number of amides is 1. The number of thiophene rings is 1. The van der Waals surface area contributed by atoms with Gasteiger partial charge in [-0.1, -0.05) is 6.07 Å². The molecule has 1 amide bonds. The van der Waals surface area contributed by atoms with Crippen molar-refractivity contribution >= 4 is 39.0 Å². The Kier molecular flexibility index (Phi) is 4.54. The van der Waals surface area contributed by atoms with Crippen LogP contribution in [0.25, 0.3) is 10.6 Å². The van der Waals surface area contributed by atoms with Crippen LogP contribution in [0.2, 0.25) is 0 Å². The third-order valence-electron chi connectivity index (χ3n) is 4.10. The highest BCUT2D eigenvalue weighted by atomic mass is 79.9. The minimum absolute atomic E-state index is 0.0792. The van der Waals surface area contributed by atoms with Crippen LogP contribution in [-0.2, 0) is 0 Å². The van der Waals surface area contributed by atoms with E-state index in [9.17, 15) is 4.79 Å². The molecule has 0 N–H and O–H groups in total. The Morgan fingerprint density at radius 3 is 2.52 bits per heavy atom. The number of aromatic nitrogens is 2. The molecule has 128 valence electrons. The van der Waals surface area contributed by atoms with Gasteiger partial charge in [0.25, 0.3) is 5.91 Å². The van der Waals surface area contributed by atoms with E-state index in [0.29, 0.717) is 23.5 Å². The maximum atomic E-state index is 12.4. The van der Waals surface area contributed by atoms with Crippen molar-refractivity contribution in [2.75, 3.05) is 31.1 Å². The minimum Gasteiger partial charge on any atom is -0.444 e. The number of rotatable bonds is 3. The van der Waals surface area contributed by atoms with Gasteiger partial charge in [-0.3, -0.25) is 4.79 Å². The van der Waals surface area contributed by atoms with Gasteiger partial charge in [-0.2, -0.15) is 0 Å². The zero-order valence-electron chi connectivity index (χ0n) is 13.3. The topological polar surface area (TPSA) is 62.5 Å². The fourth-order valence-corrected chi connectivity index (χ4v) is 3.77. The van der Waals surface area contributed by atoms with Crippen LogP contribution in [-0.4, -0.2) is 47.2 Å². The number of nitrogens with zero attached hydrogens (tertiary/aromatic N) is 4. The highest BCUT2D eigenvalue weighted by Crippen LogP contribution is 2.24. The van der Waals surface area contributed by atoms with Gasteiger partial charge in [-0.05, 0) is 51.6 Å². The van der Waals surface area contributed by atoms with Crippen LogP contribution >= 0.6 is 27.3 Å². The Labute approximate surface area is 157 Å². The predicted octanol–water partition coefficient (Wildman–Crippen LogP) is 3.52. The number of furan rings is 1. The molecule has 1 aliphatic rings. The zero-order valence-corrected chi connectivity index (χ0v) is 15.7. The maximum absolute atomic E-state index is 12.4. The summed E-state index contributed by atoms with van der Waals surface area (Å²) < 4.78 is 5.91. The molecule has 0 bridgehead atoms. The highest BCUT2D eigenvalue weighted by molar-refractivity contribution is 9.10. The van der Waals surface area contributed by atoms with E-state index in [2.05, 4.69) is 31.0 Å². The summed E-state index contributed by atoms with van der Waals surface area (Å²) >= 11 is 4.87. The average Bonchev–Trinajstić information content (AvgIpc) is 3.33. The monoisotopic (exact) mass is 418 g/mol. The Bertz CT molecular complexity index is 855. The fraction of sp³-hybridized carbons (Fsp3) is 0.235. The van der Waals surface area contributed by atoms with Gasteiger partial charge < -0.3 is 14.2 Å². The first-order valence-electron chi connectivity index (χ1n) is 7.88. The Balaban J connectivity index is 1.39. The minimum atomic E-state index is -0.0792. The molecule has 0 aromatic carbocycles. The van der Waals surface area contributed by atoms with Gasteiger partial charge in [0.1, 0.15) is 5.69 Å². The van der Waals surface area contributed by atoms with E-state index in [1.54, 1.807) is 28.4 Å². The number of hydrogen-bond acceptors (Lipinski definition) is 6. The zero-order chi connectivity index (χ0) is 17.2. The molecule has 0 spiro atoms. The highest BCUT2D eigenvalue weighted by Gasteiger charge is 2.25. The number of carbonyl (C=O) groups is 1. The third kappa shape index (κ3) is 3.45. The summed E-state index contributed by atoms with van der Waals surface area (Å²) in [5, 5.41) is 10.7. The molecule has 25 heavy (non-hydrogen) atoms. The summed E-state index contributed by atoms with van der Waals surface area (Å²) in [4.78, 5) is 17.5. The number of hydrogen-bond donors (Lipinski definition) is 0. The SMILES string of the molecule is O=C(c1ccc(Br)o1)N1CCN(c2ccc(-c3cccs3)nn2)CC1. The lowest BCUT2D eigenvalue weighted by Gasteiger charge is -2.34. The van der Waals surface area contributed by atoms with Crippen molar-refractivity contribution in [2.24, 2.45) is 0 Å². The normalized spacial score (nSPS) is 14.8. The Morgan fingerprint density at radius 1 is 1.08 bits per heavy atom. The predicted molar refractivity (Wildman–Crippen MR) is 99.9 cm³/mol. The molecule has 4 heterocycles. The first-order valence-corrected chi connectivity index (χ1v) is 9.55. The molecular formula is C17H15BrN4O2S. The molecular weight excluding hydrogens is 404 g/mol. The molecule has 0 aliphatic carbocycles. The van der Waals surface area contributed by atoms with Gasteiger partial charge >= 0.3 is 0 Å². The second-order valence-electron chi connectivity index (χ2n) is 5.64. The molecule has 3 aromatic rings. The second-order valence-corrected chi connectivity index (χ2v) is 7.37. The van der Waals surface area contributed by atoms with Crippen LogP contribution in [0.15, 0.2) is 50.9 Å². The first kappa shape index (κ1) is 16.3. The largest absolute Gasteiger partial charge is 0.444 e. The van der Waals surface area contributed by atoms with E-state index < -0.39 is 0 Å². The molecule has 0 unspecified atom stereocenters. The van der Waals surface area contributed by atoms with E-state index in [-0.39, 0.29) is 5.91 Å². The summed E-state index contributed by atoms with van der Waals surface area (Å²) in [5.74, 6) is 1.12. The van der Waals surface area contributed by atoms with E-state index in [4.69, 9.17) is 4.42 Å². The average molecular weight is 419 g/mol. The number of halogens is 1. The van der Waals surface area contributed by atoms with Gasteiger partial charge in [0, 0.05) is 26.2 Å². The maximum Gasteiger partial charge on any atom is 0.289 e. The van der Waals surface area contributed by atoms with Gasteiger partial charge in [0.05, 0.1) is 4.88 Å². The molecule has 4 rings (SSSR count). The van der Waals surface area contributed by atoms with E-state index in [1.165, 1.54) is 0 Å². The quantitative estimate of drug-likeness (QED) is 0.650. The summed E-state index contributed by atoms with van der Waals surface area (Å²) in [6, 6.07) is 11.4.